The first-order chi connectivity index (χ1) is 13.9. The average Bonchev–Trinajstić information content (AvgIpc) is 3.04. The summed E-state index contributed by atoms with van der Waals surface area (Å²) in [4.78, 5) is 27.2. The Morgan fingerprint density at radius 3 is 2.59 bits per heavy atom. The minimum absolute atomic E-state index is 0.0939. The van der Waals surface area contributed by atoms with Crippen LogP contribution in [0.1, 0.15) is 15.9 Å². The van der Waals surface area contributed by atoms with Crippen molar-refractivity contribution in [3.05, 3.63) is 93.8 Å². The van der Waals surface area contributed by atoms with Crippen LogP contribution in [0.3, 0.4) is 0 Å². The number of halogens is 1. The Kier molecular flexibility index (Phi) is 4.52. The normalized spacial score (nSPS) is 10.9. The van der Waals surface area contributed by atoms with Crippen molar-refractivity contribution < 1.29 is 19.3 Å². The zero-order valence-corrected chi connectivity index (χ0v) is 14.9. The number of hydrogen-bond donors (Lipinski definition) is 1. The Bertz CT molecular complexity index is 1250. The molecule has 0 atom stereocenters. The molecule has 0 fully saturated rings. The zero-order valence-electron chi connectivity index (χ0n) is 14.9. The van der Waals surface area contributed by atoms with E-state index < -0.39 is 10.7 Å². The molecule has 4 aromatic rings. The van der Waals surface area contributed by atoms with Gasteiger partial charge in [-0.05, 0) is 42.0 Å². The highest BCUT2D eigenvalue weighted by Gasteiger charge is 2.16. The van der Waals surface area contributed by atoms with E-state index in [-0.39, 0.29) is 29.2 Å². The molecule has 1 N–H and O–H groups in total. The number of carbonyl (C=O) groups excluding carboxylic acids is 1. The molecule has 1 aromatic heterocycles. The highest BCUT2D eigenvalue weighted by Crippen LogP contribution is 2.27. The summed E-state index contributed by atoms with van der Waals surface area (Å²) in [6.45, 7) is 0. The number of rotatable bonds is 5. The fourth-order valence-electron chi connectivity index (χ4n) is 3.10. The maximum Gasteiger partial charge on any atom is 0.271 e. The van der Waals surface area contributed by atoms with Crippen LogP contribution < -0.4 is 0 Å². The Morgan fingerprint density at radius 2 is 1.86 bits per heavy atom. The molecule has 1 heterocycles. The van der Waals surface area contributed by atoms with E-state index in [1.54, 1.807) is 24.3 Å². The number of imidazole rings is 1. The molecule has 29 heavy (non-hydrogen) atoms. The van der Waals surface area contributed by atoms with Crippen LogP contribution in [0.25, 0.3) is 22.4 Å². The second-order valence-corrected chi connectivity index (χ2v) is 6.48. The third-order valence-electron chi connectivity index (χ3n) is 4.54. The fraction of sp³-hybridized carbons (Fsp3) is 0.0476. The molecule has 0 aliphatic rings. The third-order valence-corrected chi connectivity index (χ3v) is 4.54. The van der Waals surface area contributed by atoms with Crippen LogP contribution in [0.5, 0.6) is 0 Å². The topological polar surface area (TPSA) is 98.3 Å². The van der Waals surface area contributed by atoms with Gasteiger partial charge in [0.2, 0.25) is 0 Å². The van der Waals surface area contributed by atoms with Crippen molar-refractivity contribution in [1.82, 2.24) is 9.71 Å². The van der Waals surface area contributed by atoms with E-state index in [0.717, 1.165) is 4.73 Å². The van der Waals surface area contributed by atoms with Crippen molar-refractivity contribution in [3.63, 3.8) is 0 Å². The lowest BCUT2D eigenvalue weighted by molar-refractivity contribution is -0.384. The molecule has 0 saturated carbocycles. The number of hydrogen-bond acceptors (Lipinski definition) is 5. The molecule has 7 nitrogen and oxygen atoms in total. The van der Waals surface area contributed by atoms with E-state index >= 15 is 0 Å². The molecule has 0 aliphatic heterocycles. The molecule has 0 spiro atoms. The van der Waals surface area contributed by atoms with Gasteiger partial charge in [0.15, 0.2) is 11.6 Å². The number of nitrogens with zero attached hydrogens (tertiary/aromatic N) is 3. The van der Waals surface area contributed by atoms with Gasteiger partial charge in [0.25, 0.3) is 5.69 Å². The lowest BCUT2D eigenvalue weighted by atomic mass is 10.0. The lowest BCUT2D eigenvalue weighted by Gasteiger charge is -2.05. The molecule has 0 saturated heterocycles. The number of carbonyl (C=O) groups is 1. The van der Waals surface area contributed by atoms with Gasteiger partial charge in [0.1, 0.15) is 11.3 Å². The third kappa shape index (κ3) is 3.55. The summed E-state index contributed by atoms with van der Waals surface area (Å²) in [6, 6.07) is 16.3. The zero-order chi connectivity index (χ0) is 20.5. The van der Waals surface area contributed by atoms with E-state index in [0.29, 0.717) is 22.2 Å². The summed E-state index contributed by atoms with van der Waals surface area (Å²) in [5.41, 5.74) is 2.10. The van der Waals surface area contributed by atoms with Crippen LogP contribution in [0.2, 0.25) is 0 Å². The molecule has 144 valence electrons. The van der Waals surface area contributed by atoms with E-state index in [1.165, 1.54) is 42.5 Å². The first kappa shape index (κ1) is 18.3. The molecule has 0 aliphatic carbocycles. The van der Waals surface area contributed by atoms with Gasteiger partial charge in [0, 0.05) is 29.7 Å². The fourth-order valence-corrected chi connectivity index (χ4v) is 3.10. The van der Waals surface area contributed by atoms with Gasteiger partial charge >= 0.3 is 0 Å². The second kappa shape index (κ2) is 7.16. The summed E-state index contributed by atoms with van der Waals surface area (Å²) in [5, 5.41) is 21.4. The van der Waals surface area contributed by atoms with Gasteiger partial charge in [-0.3, -0.25) is 14.9 Å². The number of nitro groups is 1. The van der Waals surface area contributed by atoms with Crippen LogP contribution in [0.4, 0.5) is 10.1 Å². The molecule has 3 aromatic carbocycles. The number of benzene rings is 3. The van der Waals surface area contributed by atoms with Crippen LogP contribution in [0, 0.1) is 15.9 Å². The van der Waals surface area contributed by atoms with Crippen LogP contribution in [-0.2, 0) is 6.42 Å². The van der Waals surface area contributed by atoms with Gasteiger partial charge in [0.05, 0.1) is 10.4 Å². The van der Waals surface area contributed by atoms with E-state index in [4.69, 9.17) is 0 Å². The first-order valence-corrected chi connectivity index (χ1v) is 8.66. The maximum atomic E-state index is 13.0. The van der Waals surface area contributed by atoms with Crippen molar-refractivity contribution in [2.45, 2.75) is 6.42 Å². The predicted molar refractivity (Wildman–Crippen MR) is 103 cm³/mol. The largest absolute Gasteiger partial charge is 0.426 e. The van der Waals surface area contributed by atoms with Crippen molar-refractivity contribution in [2.24, 2.45) is 0 Å². The van der Waals surface area contributed by atoms with E-state index in [9.17, 15) is 24.5 Å². The first-order valence-electron chi connectivity index (χ1n) is 8.66. The summed E-state index contributed by atoms with van der Waals surface area (Å²) in [5.74, 6) is -0.377. The number of nitro benzene ring substituents is 1. The number of ketones is 1. The Labute approximate surface area is 163 Å². The van der Waals surface area contributed by atoms with Crippen molar-refractivity contribution >= 4 is 22.5 Å². The number of Topliss-reactive ketones (excluding diaryl/α,β-unsaturated/α-hetero) is 1. The summed E-state index contributed by atoms with van der Waals surface area (Å²) in [7, 11) is 0. The lowest BCUT2D eigenvalue weighted by Crippen LogP contribution is -2.04. The molecule has 0 unspecified atom stereocenters. The molecular weight excluding hydrogens is 377 g/mol. The molecule has 4 rings (SSSR count). The maximum absolute atomic E-state index is 13.0. The van der Waals surface area contributed by atoms with Gasteiger partial charge in [-0.15, -0.1) is 0 Å². The number of non-ortho nitro benzene ring substituents is 1. The van der Waals surface area contributed by atoms with Crippen molar-refractivity contribution in [3.8, 4) is 11.4 Å². The van der Waals surface area contributed by atoms with E-state index in [2.05, 4.69) is 4.98 Å². The monoisotopic (exact) mass is 391 g/mol. The van der Waals surface area contributed by atoms with Crippen LogP contribution >= 0.6 is 0 Å². The van der Waals surface area contributed by atoms with Crippen molar-refractivity contribution in [2.75, 3.05) is 0 Å². The SMILES string of the molecule is O=C(Cc1cccc(-c2nc3ccc([N+](=O)[O-])cc3n2O)c1)c1ccc(F)cc1. The summed E-state index contributed by atoms with van der Waals surface area (Å²) >= 11 is 0. The molecule has 0 bridgehead atoms. The van der Waals surface area contributed by atoms with Crippen LogP contribution in [0.15, 0.2) is 66.7 Å². The predicted octanol–water partition coefficient (Wildman–Crippen LogP) is 4.41. The smallest absolute Gasteiger partial charge is 0.271 e. The van der Waals surface area contributed by atoms with Gasteiger partial charge in [-0.25, -0.2) is 9.37 Å². The van der Waals surface area contributed by atoms with Gasteiger partial charge in [-0.1, -0.05) is 18.2 Å². The number of fused-ring (bicyclic) bond motifs is 1. The molecular formula is C21H14FN3O4. The second-order valence-electron chi connectivity index (χ2n) is 6.48. The summed E-state index contributed by atoms with van der Waals surface area (Å²) in [6.07, 6.45) is 0.0939. The number of aromatic nitrogens is 2. The highest BCUT2D eigenvalue weighted by molar-refractivity contribution is 5.97. The highest BCUT2D eigenvalue weighted by atomic mass is 19.1. The minimum Gasteiger partial charge on any atom is -0.426 e. The minimum atomic E-state index is -0.548. The van der Waals surface area contributed by atoms with E-state index in [1.807, 2.05) is 0 Å². The molecule has 0 radical (unpaired) electrons. The Hall–Kier alpha value is -4.07. The average molecular weight is 391 g/mol. The standard InChI is InChI=1S/C21H14FN3O4/c22-16-6-4-14(5-7-16)20(26)11-13-2-1-3-15(10-13)21-23-18-9-8-17(25(28)29)12-19(18)24(21)27/h1-10,12,27H,11H2. The Balaban J connectivity index is 1.66. The van der Waals surface area contributed by atoms with Crippen molar-refractivity contribution in [1.29, 1.82) is 0 Å². The van der Waals surface area contributed by atoms with Crippen LogP contribution in [-0.4, -0.2) is 25.6 Å². The summed E-state index contributed by atoms with van der Waals surface area (Å²) < 4.78 is 13.8. The molecule has 8 heteroatoms. The van der Waals surface area contributed by atoms with Gasteiger partial charge < -0.3 is 5.21 Å². The quantitative estimate of drug-likeness (QED) is 0.235. The molecule has 0 amide bonds. The van der Waals surface area contributed by atoms with Gasteiger partial charge in [-0.2, -0.15) is 4.73 Å². The Morgan fingerprint density at radius 1 is 1.10 bits per heavy atom.